The van der Waals surface area contributed by atoms with Gasteiger partial charge in [-0.15, -0.1) is 0 Å². The van der Waals surface area contributed by atoms with Crippen LogP contribution in [0.5, 0.6) is 0 Å². The first-order valence-corrected chi connectivity index (χ1v) is 15.6. The Kier molecular flexibility index (Phi) is 6.06. The van der Waals surface area contributed by atoms with Crippen molar-refractivity contribution >= 4 is 66.9 Å². The number of rotatable bonds is 4. The standard InChI is InChI=1S/C36H30N12/c1-37-17-5-9-21-25(13-17)33-41-29(21)46-34-27-15-19(39-3)7-11-23(27)31(43-34)48-36-28-16-20(40-4)8-12-24(28)32(44-36)47-35-26-14-18(38-2)6-10-22(26)30(42-35)45-33/h5-16,37-40H,1-4H3,(H2,41,42,43,44,45,46,47,48). The normalized spacial score (nSPS) is 11.8. The first kappa shape index (κ1) is 27.7. The van der Waals surface area contributed by atoms with Crippen molar-refractivity contribution < 1.29 is 0 Å². The van der Waals surface area contributed by atoms with Crippen molar-refractivity contribution in [3.63, 3.8) is 0 Å². The monoisotopic (exact) mass is 630 g/mol. The van der Waals surface area contributed by atoms with Crippen molar-refractivity contribution in [1.82, 2.24) is 39.9 Å². The van der Waals surface area contributed by atoms with Crippen molar-refractivity contribution in [2.75, 3.05) is 49.5 Å². The molecule has 0 aliphatic carbocycles. The minimum absolute atomic E-state index is 0.552. The molecule has 0 radical (unpaired) electrons. The maximum Gasteiger partial charge on any atom is 0.164 e. The fraction of sp³-hybridized carbons (Fsp3) is 0.111. The summed E-state index contributed by atoms with van der Waals surface area (Å²) >= 11 is 0. The molecule has 12 heteroatoms. The summed E-state index contributed by atoms with van der Waals surface area (Å²) in [5.41, 5.74) is 9.90. The topological polar surface area (TPSA) is 157 Å². The van der Waals surface area contributed by atoms with Crippen LogP contribution in [0.1, 0.15) is 0 Å². The summed E-state index contributed by atoms with van der Waals surface area (Å²) in [6.07, 6.45) is 0. The lowest BCUT2D eigenvalue weighted by atomic mass is 10.1. The Balaban J connectivity index is 1.48. The maximum absolute atomic E-state index is 5.13. The van der Waals surface area contributed by atoms with Crippen LogP contribution in [0.15, 0.2) is 72.8 Å². The number of benzene rings is 4. The van der Waals surface area contributed by atoms with E-state index in [1.807, 2.05) is 76.7 Å². The maximum atomic E-state index is 5.13. The third-order valence-electron chi connectivity index (χ3n) is 8.99. The van der Waals surface area contributed by atoms with Crippen LogP contribution in [0.3, 0.4) is 0 Å². The van der Waals surface area contributed by atoms with Gasteiger partial charge in [-0.05, 0) is 72.8 Å². The Morgan fingerprint density at radius 3 is 1.08 bits per heavy atom. The number of fused-ring (bicyclic) bond motifs is 20. The second-order valence-electron chi connectivity index (χ2n) is 11.7. The number of aromatic amines is 2. The smallest absolute Gasteiger partial charge is 0.164 e. The molecule has 2 aliphatic heterocycles. The van der Waals surface area contributed by atoms with E-state index >= 15 is 0 Å². The zero-order valence-corrected chi connectivity index (χ0v) is 26.6. The van der Waals surface area contributed by atoms with E-state index in [4.69, 9.17) is 29.9 Å². The molecule has 7 aromatic rings. The van der Waals surface area contributed by atoms with Crippen LogP contribution in [0.25, 0.3) is 89.7 Å². The molecule has 12 nitrogen and oxygen atoms in total. The van der Waals surface area contributed by atoms with Crippen molar-refractivity contribution in [3.8, 4) is 45.6 Å². The van der Waals surface area contributed by atoms with E-state index in [0.29, 0.717) is 45.9 Å². The number of nitrogens with one attached hydrogen (secondary N) is 6. The molecule has 0 spiro atoms. The summed E-state index contributed by atoms with van der Waals surface area (Å²) in [4.78, 5) is 37.5. The van der Waals surface area contributed by atoms with Gasteiger partial charge in [0.15, 0.2) is 23.3 Å². The molecule has 0 unspecified atom stereocenters. The molecule has 48 heavy (non-hydrogen) atoms. The van der Waals surface area contributed by atoms with Crippen molar-refractivity contribution in [2.45, 2.75) is 0 Å². The van der Waals surface area contributed by atoms with E-state index < -0.39 is 0 Å². The highest BCUT2D eigenvalue weighted by Crippen LogP contribution is 2.39. The fourth-order valence-electron chi connectivity index (χ4n) is 6.42. The highest BCUT2D eigenvalue weighted by atomic mass is 15.1. The van der Waals surface area contributed by atoms with Gasteiger partial charge in [0, 0.05) is 94.7 Å². The van der Waals surface area contributed by atoms with Gasteiger partial charge in [-0.3, -0.25) is 0 Å². The molecule has 0 saturated carbocycles. The first-order chi connectivity index (χ1) is 23.5. The van der Waals surface area contributed by atoms with Crippen LogP contribution in [-0.2, 0) is 0 Å². The molecule has 5 heterocycles. The lowest BCUT2D eigenvalue weighted by Gasteiger charge is -2.03. The van der Waals surface area contributed by atoms with Gasteiger partial charge >= 0.3 is 0 Å². The second kappa shape index (κ2) is 10.5. The van der Waals surface area contributed by atoms with Crippen LogP contribution in [0.4, 0.5) is 22.7 Å². The van der Waals surface area contributed by atoms with E-state index in [1.165, 1.54) is 0 Å². The minimum Gasteiger partial charge on any atom is -0.388 e. The lowest BCUT2D eigenvalue weighted by molar-refractivity contribution is 1.19. The van der Waals surface area contributed by atoms with E-state index in [1.54, 1.807) is 0 Å². The molecule has 6 N–H and O–H groups in total. The Morgan fingerprint density at radius 1 is 0.354 bits per heavy atom. The Bertz CT molecular complexity index is 2450. The number of nitrogens with zero attached hydrogens (tertiary/aromatic N) is 6. The molecule has 234 valence electrons. The Hall–Kier alpha value is -6.56. The molecule has 0 amide bonds. The summed E-state index contributed by atoms with van der Waals surface area (Å²) in [5.74, 6) is 2.21. The molecular weight excluding hydrogens is 600 g/mol. The van der Waals surface area contributed by atoms with E-state index in [0.717, 1.165) is 66.5 Å². The van der Waals surface area contributed by atoms with Crippen LogP contribution >= 0.6 is 0 Å². The van der Waals surface area contributed by atoms with E-state index in [2.05, 4.69) is 55.5 Å². The van der Waals surface area contributed by atoms with E-state index in [9.17, 15) is 0 Å². The third-order valence-corrected chi connectivity index (χ3v) is 8.99. The van der Waals surface area contributed by atoms with Crippen molar-refractivity contribution in [1.29, 1.82) is 0 Å². The summed E-state index contributed by atoms with van der Waals surface area (Å²) in [6, 6.07) is 24.5. The Labute approximate surface area is 274 Å². The number of aromatic nitrogens is 8. The number of hydrogen-bond donors (Lipinski definition) is 6. The zero-order valence-electron chi connectivity index (χ0n) is 26.6. The molecule has 4 aromatic carbocycles. The predicted octanol–water partition coefficient (Wildman–Crippen LogP) is 7.04. The molecule has 2 aliphatic rings. The largest absolute Gasteiger partial charge is 0.388 e. The van der Waals surface area contributed by atoms with Crippen LogP contribution < -0.4 is 21.3 Å². The quantitative estimate of drug-likeness (QED) is 0.119. The zero-order chi connectivity index (χ0) is 32.5. The van der Waals surface area contributed by atoms with Gasteiger partial charge in [0.05, 0.1) is 0 Å². The van der Waals surface area contributed by atoms with Crippen LogP contribution in [-0.4, -0.2) is 68.1 Å². The summed E-state index contributed by atoms with van der Waals surface area (Å²) in [6.45, 7) is 0. The Morgan fingerprint density at radius 2 is 0.688 bits per heavy atom. The van der Waals surface area contributed by atoms with Gasteiger partial charge in [-0.25, -0.2) is 29.9 Å². The van der Waals surface area contributed by atoms with E-state index in [-0.39, 0.29) is 0 Å². The fourth-order valence-corrected chi connectivity index (χ4v) is 6.42. The minimum atomic E-state index is 0.552. The number of hydrogen-bond acceptors (Lipinski definition) is 10. The van der Waals surface area contributed by atoms with Crippen molar-refractivity contribution in [2.24, 2.45) is 0 Å². The second-order valence-corrected chi connectivity index (χ2v) is 11.7. The van der Waals surface area contributed by atoms with Gasteiger partial charge in [0.1, 0.15) is 22.6 Å². The predicted molar refractivity (Wildman–Crippen MR) is 194 cm³/mol. The number of H-pyrrole nitrogens is 2. The van der Waals surface area contributed by atoms with Gasteiger partial charge in [0.25, 0.3) is 0 Å². The molecular formula is C36H30N12. The summed E-state index contributed by atoms with van der Waals surface area (Å²) in [7, 11) is 7.59. The molecule has 8 bridgehead atoms. The third kappa shape index (κ3) is 4.23. The van der Waals surface area contributed by atoms with Gasteiger partial charge in [-0.1, -0.05) is 0 Å². The average molecular weight is 631 g/mol. The molecule has 0 atom stereocenters. The first-order valence-electron chi connectivity index (χ1n) is 15.6. The summed E-state index contributed by atoms with van der Waals surface area (Å²) < 4.78 is 0. The number of anilines is 4. The van der Waals surface area contributed by atoms with Crippen LogP contribution in [0, 0.1) is 0 Å². The highest BCUT2D eigenvalue weighted by molar-refractivity contribution is 6.07. The van der Waals surface area contributed by atoms with Crippen molar-refractivity contribution in [3.05, 3.63) is 72.8 Å². The van der Waals surface area contributed by atoms with Gasteiger partial charge < -0.3 is 31.2 Å². The average Bonchev–Trinajstić information content (AvgIpc) is 3.85. The van der Waals surface area contributed by atoms with Gasteiger partial charge in [0.2, 0.25) is 0 Å². The molecule has 9 rings (SSSR count). The SMILES string of the molecule is CNc1ccc2c(c1)-c1nc-2nc2[nH]c(nc3nc(nc4[nH]c(n1)c1ccc(NC)cc41)-c1ccc(NC)cc1-3)c1ccc(NC)cc21. The highest BCUT2D eigenvalue weighted by Gasteiger charge is 2.23. The molecule has 0 fully saturated rings. The molecule has 3 aromatic heterocycles. The van der Waals surface area contributed by atoms with Gasteiger partial charge in [-0.2, -0.15) is 0 Å². The lowest BCUT2D eigenvalue weighted by Crippen LogP contribution is -1.89. The van der Waals surface area contributed by atoms with Crippen LogP contribution in [0.2, 0.25) is 0 Å². The summed E-state index contributed by atoms with van der Waals surface area (Å²) in [5, 5.41) is 16.6. The molecule has 0 saturated heterocycles.